The summed E-state index contributed by atoms with van der Waals surface area (Å²) in [7, 11) is 0. The molecule has 1 aromatic heterocycles. The highest BCUT2D eigenvalue weighted by Crippen LogP contribution is 2.24. The lowest BCUT2D eigenvalue weighted by Crippen LogP contribution is -2.39. The van der Waals surface area contributed by atoms with Crippen LogP contribution in [0, 0.1) is 16.7 Å². The maximum atomic E-state index is 11.8. The van der Waals surface area contributed by atoms with Gasteiger partial charge in [0.05, 0.1) is 6.61 Å². The number of aromatic nitrogens is 1. The van der Waals surface area contributed by atoms with Gasteiger partial charge in [-0.05, 0) is 25.0 Å². The molecule has 1 amide bonds. The number of amides is 1. The van der Waals surface area contributed by atoms with E-state index in [4.69, 9.17) is 5.26 Å². The number of rotatable bonds is 6. The minimum Gasteiger partial charge on any atom is -0.396 e. The number of carbonyl (C=O) groups excluding carboxylic acids is 1. The van der Waals surface area contributed by atoms with Gasteiger partial charge in [0.1, 0.15) is 17.5 Å². The summed E-state index contributed by atoms with van der Waals surface area (Å²) in [6, 6.07) is 5.07. The van der Waals surface area contributed by atoms with E-state index in [0.717, 1.165) is 12.8 Å². The first-order valence-corrected chi connectivity index (χ1v) is 6.09. The summed E-state index contributed by atoms with van der Waals surface area (Å²) in [4.78, 5) is 14.6. The Morgan fingerprint density at radius 3 is 2.61 bits per heavy atom. The molecule has 0 radical (unpaired) electrons. The summed E-state index contributed by atoms with van der Waals surface area (Å²) < 4.78 is 0. The minimum absolute atomic E-state index is 0.0501. The van der Waals surface area contributed by atoms with Gasteiger partial charge in [0, 0.05) is 12.0 Å². The Morgan fingerprint density at radius 2 is 2.17 bits per heavy atom. The second-order valence-electron chi connectivity index (χ2n) is 4.45. The van der Waals surface area contributed by atoms with E-state index in [0.29, 0.717) is 17.9 Å². The molecule has 0 aromatic carbocycles. The number of hydrogen-bond acceptors (Lipinski definition) is 3. The van der Waals surface area contributed by atoms with Crippen molar-refractivity contribution in [3.8, 4) is 6.07 Å². The summed E-state index contributed by atoms with van der Waals surface area (Å²) in [5.74, 6) is -0.253. The van der Waals surface area contributed by atoms with Gasteiger partial charge in [-0.3, -0.25) is 4.79 Å². The van der Waals surface area contributed by atoms with E-state index in [2.05, 4.69) is 10.3 Å². The first-order valence-electron chi connectivity index (χ1n) is 6.09. The fourth-order valence-electron chi connectivity index (χ4n) is 1.74. The van der Waals surface area contributed by atoms with Crippen molar-refractivity contribution in [1.82, 2.24) is 10.3 Å². The molecule has 18 heavy (non-hydrogen) atoms. The van der Waals surface area contributed by atoms with E-state index in [-0.39, 0.29) is 17.9 Å². The number of nitriles is 1. The van der Waals surface area contributed by atoms with Crippen LogP contribution in [-0.4, -0.2) is 29.1 Å². The summed E-state index contributed by atoms with van der Waals surface area (Å²) in [5.41, 5.74) is 0.463. The molecule has 5 heteroatoms. The Morgan fingerprint density at radius 1 is 1.50 bits per heavy atom. The summed E-state index contributed by atoms with van der Waals surface area (Å²) in [5, 5.41) is 20.9. The number of carbonyl (C=O) groups is 1. The second-order valence-corrected chi connectivity index (χ2v) is 4.45. The molecule has 1 rings (SSSR count). The molecule has 0 saturated carbocycles. The number of aliphatic hydroxyl groups is 1. The average molecular weight is 249 g/mol. The van der Waals surface area contributed by atoms with Gasteiger partial charge in [-0.2, -0.15) is 5.26 Å². The zero-order valence-corrected chi connectivity index (χ0v) is 10.8. The summed E-state index contributed by atoms with van der Waals surface area (Å²) in [6.07, 6.45) is 1.60. The van der Waals surface area contributed by atoms with Gasteiger partial charge in [0.25, 0.3) is 5.91 Å². The van der Waals surface area contributed by atoms with Crippen LogP contribution in [0.5, 0.6) is 0 Å². The van der Waals surface area contributed by atoms with E-state index in [9.17, 15) is 9.90 Å². The van der Waals surface area contributed by atoms with Crippen molar-refractivity contribution in [2.75, 3.05) is 13.2 Å². The van der Waals surface area contributed by atoms with Crippen molar-refractivity contribution in [2.45, 2.75) is 26.7 Å². The lowest BCUT2D eigenvalue weighted by molar-refractivity contribution is 0.0847. The maximum Gasteiger partial charge on any atom is 0.267 e. The molecule has 5 nitrogen and oxygen atoms in total. The third-order valence-electron chi connectivity index (χ3n) is 3.51. The summed E-state index contributed by atoms with van der Waals surface area (Å²) in [6.45, 7) is 4.47. The Hall–Kier alpha value is -1.80. The summed E-state index contributed by atoms with van der Waals surface area (Å²) >= 11 is 0. The van der Waals surface area contributed by atoms with E-state index >= 15 is 0 Å². The van der Waals surface area contributed by atoms with Gasteiger partial charge in [0.15, 0.2) is 0 Å². The van der Waals surface area contributed by atoms with Crippen LogP contribution >= 0.6 is 0 Å². The van der Waals surface area contributed by atoms with Gasteiger partial charge < -0.3 is 15.4 Å². The van der Waals surface area contributed by atoms with Crippen molar-refractivity contribution in [3.63, 3.8) is 0 Å². The number of nitrogens with zero attached hydrogens (tertiary/aromatic N) is 1. The Balaban J connectivity index is 2.63. The fourth-order valence-corrected chi connectivity index (χ4v) is 1.74. The van der Waals surface area contributed by atoms with Crippen molar-refractivity contribution in [1.29, 1.82) is 5.26 Å². The fraction of sp³-hybridized carbons (Fsp3) is 0.538. The first-order chi connectivity index (χ1) is 8.60. The van der Waals surface area contributed by atoms with Crippen LogP contribution in [0.1, 0.15) is 42.9 Å². The number of nitrogens with one attached hydrogen (secondary N) is 2. The molecule has 0 aliphatic carbocycles. The topological polar surface area (TPSA) is 88.9 Å². The smallest absolute Gasteiger partial charge is 0.267 e. The van der Waals surface area contributed by atoms with Crippen LogP contribution in [0.2, 0.25) is 0 Å². The number of aromatic amines is 1. The third-order valence-corrected chi connectivity index (χ3v) is 3.51. The molecular formula is C13H19N3O2. The molecule has 3 N–H and O–H groups in total. The predicted octanol–water partition coefficient (Wildman–Crippen LogP) is 1.41. The molecule has 0 bridgehead atoms. The number of hydrogen-bond donors (Lipinski definition) is 3. The molecule has 0 unspecified atom stereocenters. The molecule has 0 aliphatic heterocycles. The largest absolute Gasteiger partial charge is 0.396 e. The first kappa shape index (κ1) is 14.3. The van der Waals surface area contributed by atoms with Gasteiger partial charge in [-0.15, -0.1) is 0 Å². The Labute approximate surface area is 107 Å². The lowest BCUT2D eigenvalue weighted by Gasteiger charge is -2.29. The Bertz CT molecular complexity index is 433. The van der Waals surface area contributed by atoms with Gasteiger partial charge in [-0.1, -0.05) is 13.8 Å². The molecule has 98 valence electrons. The minimum atomic E-state index is -0.264. The Kier molecular flexibility index (Phi) is 4.93. The van der Waals surface area contributed by atoms with Crippen molar-refractivity contribution >= 4 is 5.91 Å². The highest BCUT2D eigenvalue weighted by atomic mass is 16.3. The SMILES string of the molecule is CCC(CC)(CO)CNC(=O)c1ccc(C#N)[nH]1. The molecular weight excluding hydrogens is 230 g/mol. The molecule has 0 fully saturated rings. The van der Waals surface area contributed by atoms with Gasteiger partial charge in [-0.25, -0.2) is 0 Å². The van der Waals surface area contributed by atoms with E-state index in [1.54, 1.807) is 12.1 Å². The van der Waals surface area contributed by atoms with Crippen molar-refractivity contribution in [2.24, 2.45) is 5.41 Å². The van der Waals surface area contributed by atoms with Crippen molar-refractivity contribution < 1.29 is 9.90 Å². The van der Waals surface area contributed by atoms with Gasteiger partial charge >= 0.3 is 0 Å². The zero-order chi connectivity index (χ0) is 13.6. The lowest BCUT2D eigenvalue weighted by atomic mass is 9.83. The van der Waals surface area contributed by atoms with Crippen LogP contribution in [0.4, 0.5) is 0 Å². The van der Waals surface area contributed by atoms with E-state index < -0.39 is 0 Å². The van der Waals surface area contributed by atoms with Crippen LogP contribution in [0.25, 0.3) is 0 Å². The van der Waals surface area contributed by atoms with E-state index in [1.807, 2.05) is 19.9 Å². The van der Waals surface area contributed by atoms with Crippen LogP contribution in [0.15, 0.2) is 12.1 Å². The molecule has 0 atom stereocenters. The highest BCUT2D eigenvalue weighted by molar-refractivity contribution is 5.92. The molecule has 1 heterocycles. The van der Waals surface area contributed by atoms with Crippen LogP contribution < -0.4 is 5.32 Å². The molecule has 0 aliphatic rings. The molecule has 1 aromatic rings. The maximum absolute atomic E-state index is 11.8. The third kappa shape index (κ3) is 3.11. The normalized spacial score (nSPS) is 11.0. The molecule has 0 saturated heterocycles. The average Bonchev–Trinajstić information content (AvgIpc) is 2.89. The molecule has 0 spiro atoms. The zero-order valence-electron chi connectivity index (χ0n) is 10.8. The monoisotopic (exact) mass is 249 g/mol. The van der Waals surface area contributed by atoms with Crippen LogP contribution in [0.3, 0.4) is 0 Å². The highest BCUT2D eigenvalue weighted by Gasteiger charge is 2.26. The van der Waals surface area contributed by atoms with Crippen LogP contribution in [-0.2, 0) is 0 Å². The van der Waals surface area contributed by atoms with E-state index in [1.165, 1.54) is 0 Å². The second kappa shape index (κ2) is 6.22. The quantitative estimate of drug-likeness (QED) is 0.712. The van der Waals surface area contributed by atoms with Gasteiger partial charge in [0.2, 0.25) is 0 Å². The number of H-pyrrole nitrogens is 1. The standard InChI is InChI=1S/C13H19N3O2/c1-3-13(4-2,9-17)8-15-12(18)11-6-5-10(7-14)16-11/h5-6,16-17H,3-4,8-9H2,1-2H3,(H,15,18). The predicted molar refractivity (Wildman–Crippen MR) is 67.9 cm³/mol. The number of aliphatic hydroxyl groups excluding tert-OH is 1. The van der Waals surface area contributed by atoms with Crippen molar-refractivity contribution in [3.05, 3.63) is 23.5 Å².